The topological polar surface area (TPSA) is 78.9 Å². The molecule has 0 aromatic heterocycles. The van der Waals surface area contributed by atoms with Crippen molar-refractivity contribution in [1.82, 2.24) is 0 Å². The van der Waals surface area contributed by atoms with Gasteiger partial charge in [-0.2, -0.15) is 0 Å². The third-order valence-corrected chi connectivity index (χ3v) is 11.5. The second-order valence-corrected chi connectivity index (χ2v) is 17.8. The minimum Gasteiger partial charge on any atom is -0.462 e. The molecule has 0 aliphatic heterocycles. The molecule has 0 N–H and O–H groups in total. The molecule has 0 rings (SSSR count). The van der Waals surface area contributed by atoms with Crippen LogP contribution >= 0.6 is 0 Å². The largest absolute Gasteiger partial charge is 0.462 e. The second-order valence-electron chi connectivity index (χ2n) is 17.8. The molecule has 0 heterocycles. The van der Waals surface area contributed by atoms with Crippen LogP contribution in [0.25, 0.3) is 0 Å². The van der Waals surface area contributed by atoms with Gasteiger partial charge >= 0.3 is 17.9 Å². The van der Waals surface area contributed by atoms with Gasteiger partial charge in [-0.05, 0) is 103 Å². The lowest BCUT2D eigenvalue weighted by Crippen LogP contribution is -2.30. The van der Waals surface area contributed by atoms with Crippen LogP contribution in [0, 0.1) is 0 Å². The Balaban J connectivity index is 4.40. The minimum absolute atomic E-state index is 0.0864. The lowest BCUT2D eigenvalue weighted by molar-refractivity contribution is -0.167. The Morgan fingerprint density at radius 3 is 0.937 bits per heavy atom. The number of rotatable bonds is 48. The molecule has 0 spiro atoms. The third kappa shape index (κ3) is 50.0. The Hall–Kier alpha value is -2.89. The van der Waals surface area contributed by atoms with Gasteiger partial charge in [0.25, 0.3) is 0 Å². The quantitative estimate of drug-likeness (QED) is 0.0262. The van der Waals surface area contributed by atoms with Crippen molar-refractivity contribution in [1.29, 1.82) is 0 Å². The van der Waals surface area contributed by atoms with E-state index in [0.717, 1.165) is 103 Å². The fourth-order valence-corrected chi connectivity index (χ4v) is 7.37. The lowest BCUT2D eigenvalue weighted by atomic mass is 10.1. The molecular formula is C57H100O6. The summed E-state index contributed by atoms with van der Waals surface area (Å²) >= 11 is 0. The molecule has 0 saturated carbocycles. The van der Waals surface area contributed by atoms with Gasteiger partial charge in [-0.25, -0.2) is 0 Å². The van der Waals surface area contributed by atoms with E-state index in [1.54, 1.807) is 0 Å². The number of carbonyl (C=O) groups is 3. The molecule has 0 amide bonds. The molecule has 0 radical (unpaired) electrons. The van der Waals surface area contributed by atoms with Crippen molar-refractivity contribution in [3.8, 4) is 0 Å². The van der Waals surface area contributed by atoms with E-state index in [-0.39, 0.29) is 31.1 Å². The third-order valence-electron chi connectivity index (χ3n) is 11.5. The predicted octanol–water partition coefficient (Wildman–Crippen LogP) is 17.6. The van der Waals surface area contributed by atoms with E-state index in [2.05, 4.69) is 81.5 Å². The summed E-state index contributed by atoms with van der Waals surface area (Å²) in [5.41, 5.74) is 0. The molecule has 6 heteroatoms. The van der Waals surface area contributed by atoms with Crippen LogP contribution in [0.3, 0.4) is 0 Å². The summed E-state index contributed by atoms with van der Waals surface area (Å²) in [6.45, 7) is 6.55. The van der Waals surface area contributed by atoms with E-state index >= 15 is 0 Å². The van der Waals surface area contributed by atoms with Crippen molar-refractivity contribution >= 4 is 17.9 Å². The van der Waals surface area contributed by atoms with Gasteiger partial charge in [0.2, 0.25) is 0 Å². The summed E-state index contributed by atoms with van der Waals surface area (Å²) in [6.07, 6.45) is 63.4. The SMILES string of the molecule is CCCC/C=C\C/C=C\CCCCCCCC(=O)OC(COC(=O)CCCCCCC/C=C\CCCCCC)COC(=O)CCCCCCCCC/C=C\C/C=C\CCCCCC. The normalized spacial score (nSPS) is 12.5. The Bertz CT molecular complexity index is 1150. The molecule has 1 unspecified atom stereocenters. The first-order chi connectivity index (χ1) is 31.0. The van der Waals surface area contributed by atoms with Gasteiger partial charge in [0, 0.05) is 19.3 Å². The standard InChI is InChI=1S/C57H100O6/c1-4-7-10-13-16-19-22-25-27-28-29-30-33-35-38-41-44-47-50-56(59)62-53-54(52-61-55(58)49-46-43-40-37-34-31-24-21-18-15-12-9-6-3)63-57(60)51-48-45-42-39-36-32-26-23-20-17-14-11-8-5-2/h14,17,19,21-24,26-28,54H,4-13,15-16,18,20,25,29-53H2,1-3H3/b17-14-,22-19-,24-21-,26-23-,28-27-. The molecule has 0 saturated heterocycles. The zero-order chi connectivity index (χ0) is 45.8. The van der Waals surface area contributed by atoms with Crippen molar-refractivity contribution in [2.24, 2.45) is 0 Å². The molecule has 1 atom stereocenters. The first-order valence-corrected chi connectivity index (χ1v) is 26.8. The number of allylic oxidation sites excluding steroid dienone is 10. The number of ether oxygens (including phenoxy) is 3. The molecule has 63 heavy (non-hydrogen) atoms. The maximum absolute atomic E-state index is 12.8. The lowest BCUT2D eigenvalue weighted by Gasteiger charge is -2.18. The number of hydrogen-bond acceptors (Lipinski definition) is 6. The monoisotopic (exact) mass is 881 g/mol. The summed E-state index contributed by atoms with van der Waals surface area (Å²) in [5.74, 6) is -0.911. The summed E-state index contributed by atoms with van der Waals surface area (Å²) in [6, 6.07) is 0. The molecule has 0 bridgehead atoms. The molecule has 0 aromatic rings. The fraction of sp³-hybridized carbons (Fsp3) is 0.772. The fourth-order valence-electron chi connectivity index (χ4n) is 7.37. The molecule has 0 aliphatic carbocycles. The van der Waals surface area contributed by atoms with Crippen LogP contribution in [-0.2, 0) is 28.6 Å². The van der Waals surface area contributed by atoms with Gasteiger partial charge in [0.15, 0.2) is 6.10 Å². The minimum atomic E-state index is -0.787. The van der Waals surface area contributed by atoms with Crippen LogP contribution in [-0.4, -0.2) is 37.2 Å². The first-order valence-electron chi connectivity index (χ1n) is 26.8. The van der Waals surface area contributed by atoms with Crippen LogP contribution in [0.5, 0.6) is 0 Å². The van der Waals surface area contributed by atoms with Crippen LogP contribution in [0.4, 0.5) is 0 Å². The number of esters is 3. The van der Waals surface area contributed by atoms with E-state index in [4.69, 9.17) is 14.2 Å². The zero-order valence-corrected chi connectivity index (χ0v) is 41.6. The molecule has 0 aliphatic rings. The number of hydrogen-bond donors (Lipinski definition) is 0. The van der Waals surface area contributed by atoms with Crippen molar-refractivity contribution in [3.63, 3.8) is 0 Å². The Kier molecular flexibility index (Phi) is 49.4. The Morgan fingerprint density at radius 2 is 0.587 bits per heavy atom. The van der Waals surface area contributed by atoms with E-state index in [1.165, 1.54) is 122 Å². The molecule has 0 fully saturated rings. The van der Waals surface area contributed by atoms with Gasteiger partial charge in [-0.3, -0.25) is 14.4 Å². The average molecular weight is 881 g/mol. The summed E-state index contributed by atoms with van der Waals surface area (Å²) < 4.78 is 16.8. The first kappa shape index (κ1) is 60.1. The number of unbranched alkanes of at least 4 members (excludes halogenated alkanes) is 27. The van der Waals surface area contributed by atoms with Gasteiger partial charge in [-0.1, -0.05) is 204 Å². The maximum Gasteiger partial charge on any atom is 0.306 e. The molecule has 6 nitrogen and oxygen atoms in total. The highest BCUT2D eigenvalue weighted by atomic mass is 16.6. The zero-order valence-electron chi connectivity index (χ0n) is 41.6. The van der Waals surface area contributed by atoms with Gasteiger partial charge in [-0.15, -0.1) is 0 Å². The molecule has 364 valence electrons. The van der Waals surface area contributed by atoms with Crippen molar-refractivity contribution < 1.29 is 28.6 Å². The smallest absolute Gasteiger partial charge is 0.306 e. The Labute approximate surface area is 390 Å². The molecular weight excluding hydrogens is 781 g/mol. The summed E-state index contributed by atoms with van der Waals surface area (Å²) in [7, 11) is 0. The highest BCUT2D eigenvalue weighted by molar-refractivity contribution is 5.71. The summed E-state index contributed by atoms with van der Waals surface area (Å²) in [5, 5.41) is 0. The Morgan fingerprint density at radius 1 is 0.317 bits per heavy atom. The van der Waals surface area contributed by atoms with Crippen molar-refractivity contribution in [2.75, 3.05) is 13.2 Å². The van der Waals surface area contributed by atoms with Gasteiger partial charge < -0.3 is 14.2 Å². The second kappa shape index (κ2) is 51.7. The van der Waals surface area contributed by atoms with Crippen LogP contribution in [0.15, 0.2) is 60.8 Å². The summed E-state index contributed by atoms with van der Waals surface area (Å²) in [4.78, 5) is 38.0. The average Bonchev–Trinajstić information content (AvgIpc) is 3.28. The van der Waals surface area contributed by atoms with Gasteiger partial charge in [0.1, 0.15) is 13.2 Å². The van der Waals surface area contributed by atoms with E-state index in [9.17, 15) is 14.4 Å². The predicted molar refractivity (Wildman–Crippen MR) is 270 cm³/mol. The maximum atomic E-state index is 12.8. The number of carbonyl (C=O) groups excluding carboxylic acids is 3. The van der Waals surface area contributed by atoms with E-state index in [1.807, 2.05) is 0 Å². The van der Waals surface area contributed by atoms with Crippen molar-refractivity contribution in [2.45, 2.75) is 271 Å². The van der Waals surface area contributed by atoms with Gasteiger partial charge in [0.05, 0.1) is 0 Å². The van der Waals surface area contributed by atoms with Crippen LogP contribution in [0.1, 0.15) is 265 Å². The van der Waals surface area contributed by atoms with Crippen LogP contribution in [0.2, 0.25) is 0 Å². The van der Waals surface area contributed by atoms with Crippen molar-refractivity contribution in [3.05, 3.63) is 60.8 Å². The van der Waals surface area contributed by atoms with E-state index < -0.39 is 6.10 Å². The highest BCUT2D eigenvalue weighted by Crippen LogP contribution is 2.14. The van der Waals surface area contributed by atoms with Crippen LogP contribution < -0.4 is 0 Å². The van der Waals surface area contributed by atoms with E-state index in [0.29, 0.717) is 19.3 Å². The molecule has 0 aromatic carbocycles. The highest BCUT2D eigenvalue weighted by Gasteiger charge is 2.19.